The molecule has 6 nitrogen and oxygen atoms in total. The van der Waals surface area contributed by atoms with Crippen LogP contribution in [-0.2, 0) is 28.7 Å². The lowest BCUT2D eigenvalue weighted by Crippen LogP contribution is -2.15. The van der Waals surface area contributed by atoms with Crippen LogP contribution in [0.25, 0.3) is 0 Å². The molecule has 0 radical (unpaired) electrons. The van der Waals surface area contributed by atoms with E-state index in [4.69, 9.17) is 9.47 Å². The third-order valence-corrected chi connectivity index (χ3v) is 4.94. The van der Waals surface area contributed by atoms with Crippen molar-refractivity contribution in [1.29, 1.82) is 0 Å². The third-order valence-electron chi connectivity index (χ3n) is 4.94. The van der Waals surface area contributed by atoms with Gasteiger partial charge >= 0.3 is 11.9 Å². The molecule has 0 N–H and O–H groups in total. The molecule has 0 spiro atoms. The largest absolute Gasteiger partial charge is 0.462 e. The summed E-state index contributed by atoms with van der Waals surface area (Å²) in [6.45, 7) is 4.24. The Labute approximate surface area is 182 Å². The number of ketones is 2. The Hall–Kier alpha value is -1.72. The van der Waals surface area contributed by atoms with Gasteiger partial charge < -0.3 is 9.47 Å². The second kappa shape index (κ2) is 20.5. The highest BCUT2D eigenvalue weighted by molar-refractivity contribution is 5.83. The van der Waals surface area contributed by atoms with Crippen molar-refractivity contribution >= 4 is 23.5 Å². The van der Waals surface area contributed by atoms with Crippen LogP contribution in [0.2, 0.25) is 0 Å². The van der Waals surface area contributed by atoms with Gasteiger partial charge in [-0.15, -0.1) is 0 Å². The van der Waals surface area contributed by atoms with Crippen molar-refractivity contribution in [3.05, 3.63) is 0 Å². The number of rotatable bonds is 21. The number of esters is 2. The molecule has 30 heavy (non-hydrogen) atoms. The Morgan fingerprint density at radius 1 is 0.467 bits per heavy atom. The molecule has 0 fully saturated rings. The van der Waals surface area contributed by atoms with E-state index in [-0.39, 0.29) is 50.5 Å². The fourth-order valence-electron chi connectivity index (χ4n) is 3.04. The predicted molar refractivity (Wildman–Crippen MR) is 117 cm³/mol. The zero-order valence-electron chi connectivity index (χ0n) is 19.2. The summed E-state index contributed by atoms with van der Waals surface area (Å²) in [7, 11) is 0. The molecular weight excluding hydrogens is 384 g/mol. The first-order chi connectivity index (χ1) is 14.5. The lowest BCUT2D eigenvalue weighted by atomic mass is 10.1. The first-order valence-electron chi connectivity index (χ1n) is 11.8. The van der Waals surface area contributed by atoms with Crippen molar-refractivity contribution < 1.29 is 28.7 Å². The van der Waals surface area contributed by atoms with Gasteiger partial charge in [0.25, 0.3) is 0 Å². The lowest BCUT2D eigenvalue weighted by molar-refractivity contribution is -0.152. The topological polar surface area (TPSA) is 86.7 Å². The van der Waals surface area contributed by atoms with E-state index in [9.17, 15) is 19.2 Å². The fourth-order valence-corrected chi connectivity index (χ4v) is 3.04. The van der Waals surface area contributed by atoms with Gasteiger partial charge in [-0.1, -0.05) is 65.2 Å². The summed E-state index contributed by atoms with van der Waals surface area (Å²) in [5.74, 6) is -0.734. The van der Waals surface area contributed by atoms with Gasteiger partial charge in [0.1, 0.15) is 24.8 Å². The van der Waals surface area contributed by atoms with Crippen LogP contribution in [0.3, 0.4) is 0 Å². The van der Waals surface area contributed by atoms with Gasteiger partial charge in [-0.25, -0.2) is 0 Å². The summed E-state index contributed by atoms with van der Waals surface area (Å²) in [6, 6.07) is 0. The second-order valence-corrected chi connectivity index (χ2v) is 7.85. The number of unbranched alkanes of at least 4 members (excludes halogenated alkanes) is 8. The molecule has 0 saturated carbocycles. The molecule has 0 aliphatic rings. The van der Waals surface area contributed by atoms with Crippen LogP contribution in [0, 0.1) is 0 Å². The monoisotopic (exact) mass is 426 g/mol. The van der Waals surface area contributed by atoms with Crippen molar-refractivity contribution in [2.45, 2.75) is 117 Å². The normalized spacial score (nSPS) is 10.6. The number of hydrogen-bond donors (Lipinski definition) is 0. The van der Waals surface area contributed by atoms with Gasteiger partial charge in [0, 0.05) is 25.7 Å². The van der Waals surface area contributed by atoms with Gasteiger partial charge in [-0.2, -0.15) is 0 Å². The maximum absolute atomic E-state index is 11.7. The van der Waals surface area contributed by atoms with Gasteiger partial charge in [0.05, 0.1) is 12.8 Å². The zero-order valence-corrected chi connectivity index (χ0v) is 19.2. The Balaban J connectivity index is 3.58. The molecule has 0 aromatic rings. The molecular formula is C24H42O6. The van der Waals surface area contributed by atoms with Crippen molar-refractivity contribution in [2.24, 2.45) is 0 Å². The Kier molecular flexibility index (Phi) is 19.4. The van der Waals surface area contributed by atoms with E-state index in [1.807, 2.05) is 0 Å². The molecule has 0 heterocycles. The molecule has 0 amide bonds. The van der Waals surface area contributed by atoms with Crippen molar-refractivity contribution in [2.75, 3.05) is 13.2 Å². The predicted octanol–water partition coefficient (Wildman–Crippen LogP) is 5.49. The SMILES string of the molecule is CCCCCCCC(=O)CCC(=O)OCCOC(=O)CCC(=O)CCCCCCC. The van der Waals surface area contributed by atoms with Gasteiger partial charge in [-0.05, 0) is 12.8 Å². The summed E-state index contributed by atoms with van der Waals surface area (Å²) < 4.78 is 9.95. The van der Waals surface area contributed by atoms with E-state index in [1.54, 1.807) is 0 Å². The zero-order chi connectivity index (χ0) is 22.5. The molecule has 0 rings (SSSR count). The van der Waals surface area contributed by atoms with E-state index in [1.165, 1.54) is 25.7 Å². The maximum Gasteiger partial charge on any atom is 0.306 e. The molecule has 0 aliphatic heterocycles. The molecule has 0 aromatic heterocycles. The minimum atomic E-state index is -0.455. The molecule has 0 bridgehead atoms. The summed E-state index contributed by atoms with van der Waals surface area (Å²) in [4.78, 5) is 46.7. The van der Waals surface area contributed by atoms with Gasteiger partial charge in [-0.3, -0.25) is 19.2 Å². The number of carbonyl (C=O) groups excluding carboxylic acids is 4. The van der Waals surface area contributed by atoms with Crippen LogP contribution in [0.15, 0.2) is 0 Å². The van der Waals surface area contributed by atoms with E-state index >= 15 is 0 Å². The fraction of sp³-hybridized carbons (Fsp3) is 0.833. The number of hydrogen-bond acceptors (Lipinski definition) is 6. The lowest BCUT2D eigenvalue weighted by Gasteiger charge is -2.06. The van der Waals surface area contributed by atoms with Crippen molar-refractivity contribution in [3.8, 4) is 0 Å². The summed E-state index contributed by atoms with van der Waals surface area (Å²) >= 11 is 0. The van der Waals surface area contributed by atoms with Crippen LogP contribution in [0.5, 0.6) is 0 Å². The van der Waals surface area contributed by atoms with Crippen molar-refractivity contribution in [3.63, 3.8) is 0 Å². The maximum atomic E-state index is 11.7. The van der Waals surface area contributed by atoms with Crippen LogP contribution >= 0.6 is 0 Å². The standard InChI is InChI=1S/C24H42O6/c1-3-5-7-9-11-13-21(25)15-17-23(27)29-19-20-30-24(28)18-16-22(26)14-12-10-8-6-4-2/h3-20H2,1-2H3. The highest BCUT2D eigenvalue weighted by Gasteiger charge is 2.10. The third kappa shape index (κ3) is 19.6. The average molecular weight is 427 g/mol. The van der Waals surface area contributed by atoms with E-state index in [0.717, 1.165) is 38.5 Å². The Morgan fingerprint density at radius 3 is 1.20 bits per heavy atom. The molecule has 0 unspecified atom stereocenters. The first-order valence-corrected chi connectivity index (χ1v) is 11.8. The minimum Gasteiger partial charge on any atom is -0.462 e. The Morgan fingerprint density at radius 2 is 0.833 bits per heavy atom. The molecule has 0 aromatic carbocycles. The van der Waals surface area contributed by atoms with Crippen molar-refractivity contribution in [1.82, 2.24) is 0 Å². The minimum absolute atomic E-state index is 0.0266. The second-order valence-electron chi connectivity index (χ2n) is 7.85. The van der Waals surface area contributed by atoms with Crippen LogP contribution in [0.4, 0.5) is 0 Å². The number of carbonyl (C=O) groups is 4. The molecule has 0 aliphatic carbocycles. The van der Waals surface area contributed by atoms with E-state index in [0.29, 0.717) is 12.8 Å². The summed E-state index contributed by atoms with van der Waals surface area (Å²) in [5.41, 5.74) is 0. The highest BCUT2D eigenvalue weighted by Crippen LogP contribution is 2.09. The highest BCUT2D eigenvalue weighted by atomic mass is 16.6. The van der Waals surface area contributed by atoms with Crippen LogP contribution in [-0.4, -0.2) is 36.7 Å². The first kappa shape index (κ1) is 28.3. The summed E-state index contributed by atoms with van der Waals surface area (Å²) in [6.07, 6.45) is 12.5. The van der Waals surface area contributed by atoms with E-state index < -0.39 is 11.9 Å². The summed E-state index contributed by atoms with van der Waals surface area (Å²) in [5, 5.41) is 0. The van der Waals surface area contributed by atoms with Gasteiger partial charge in [0.2, 0.25) is 0 Å². The quantitative estimate of drug-likeness (QED) is 0.178. The van der Waals surface area contributed by atoms with Gasteiger partial charge in [0.15, 0.2) is 0 Å². The smallest absolute Gasteiger partial charge is 0.306 e. The Bertz CT molecular complexity index is 442. The van der Waals surface area contributed by atoms with E-state index in [2.05, 4.69) is 13.8 Å². The van der Waals surface area contributed by atoms with Crippen LogP contribution in [0.1, 0.15) is 117 Å². The molecule has 0 atom stereocenters. The number of ether oxygens (including phenoxy) is 2. The average Bonchev–Trinajstić information content (AvgIpc) is 2.73. The molecule has 174 valence electrons. The number of Topliss-reactive ketones (excluding diaryl/α,β-unsaturated/α-hetero) is 2. The molecule has 6 heteroatoms. The molecule has 0 saturated heterocycles. The van der Waals surface area contributed by atoms with Crippen LogP contribution < -0.4 is 0 Å².